The molecule has 0 saturated carbocycles. The molecule has 2 aliphatic rings. The summed E-state index contributed by atoms with van der Waals surface area (Å²) >= 11 is 2.13. The van der Waals surface area contributed by atoms with Crippen molar-refractivity contribution >= 4 is 16.8 Å². The largest absolute Gasteiger partial charge is 0.230 e. The Balaban J connectivity index is 2.11. The van der Waals surface area contributed by atoms with E-state index < -0.39 is 0 Å². The van der Waals surface area contributed by atoms with E-state index in [9.17, 15) is 0 Å². The lowest BCUT2D eigenvalue weighted by atomic mass is 9.64. The zero-order chi connectivity index (χ0) is 15.8. The van der Waals surface area contributed by atoms with Crippen molar-refractivity contribution in [2.45, 2.75) is 51.9 Å². The molecule has 120 valence electrons. The zero-order valence-corrected chi connectivity index (χ0v) is 15.4. The second kappa shape index (κ2) is 6.03. The Labute approximate surface area is 140 Å². The van der Waals surface area contributed by atoms with E-state index in [4.69, 9.17) is 0 Å². The second-order valence-corrected chi connectivity index (χ2v) is 9.27. The van der Waals surface area contributed by atoms with Gasteiger partial charge < -0.3 is 0 Å². The lowest BCUT2D eigenvalue weighted by Gasteiger charge is -2.40. The molecule has 1 fully saturated rings. The van der Waals surface area contributed by atoms with Crippen LogP contribution in [0.4, 0.5) is 0 Å². The highest BCUT2D eigenvalue weighted by atomic mass is 32.2. The van der Waals surface area contributed by atoms with E-state index in [1.807, 2.05) is 0 Å². The van der Waals surface area contributed by atoms with Gasteiger partial charge in [-0.05, 0) is 36.2 Å². The van der Waals surface area contributed by atoms with Gasteiger partial charge in [-0.25, -0.2) is 4.58 Å². The van der Waals surface area contributed by atoms with E-state index in [0.29, 0.717) is 5.41 Å². The van der Waals surface area contributed by atoms with E-state index >= 15 is 0 Å². The quantitative estimate of drug-likeness (QED) is 0.663. The SMILES string of the molecule is C[N+]1=C2SCC[C@H](C(C)(C)C)C[C@@]2(c2ccccc2)CCC1. The van der Waals surface area contributed by atoms with Gasteiger partial charge in [0.25, 0.3) is 0 Å². The molecule has 0 bridgehead atoms. The van der Waals surface area contributed by atoms with Crippen LogP contribution in [0.2, 0.25) is 0 Å². The molecule has 2 atom stereocenters. The minimum atomic E-state index is 0.257. The fourth-order valence-electron chi connectivity index (χ4n) is 4.33. The fourth-order valence-corrected chi connectivity index (χ4v) is 5.82. The van der Waals surface area contributed by atoms with Crippen LogP contribution >= 0.6 is 11.8 Å². The highest BCUT2D eigenvalue weighted by molar-refractivity contribution is 8.13. The Hall–Kier alpha value is -0.760. The number of benzene rings is 1. The highest BCUT2D eigenvalue weighted by Crippen LogP contribution is 2.49. The first kappa shape index (κ1) is 16.1. The third kappa shape index (κ3) is 2.87. The Bertz CT molecular complexity index is 555. The maximum Gasteiger partial charge on any atom is 0.221 e. The molecule has 0 aromatic heterocycles. The van der Waals surface area contributed by atoms with Gasteiger partial charge >= 0.3 is 0 Å². The van der Waals surface area contributed by atoms with E-state index in [1.165, 1.54) is 38.0 Å². The molecule has 0 unspecified atom stereocenters. The molecular formula is C20H30NS+. The molecule has 2 heteroatoms. The molecule has 1 saturated heterocycles. The first-order chi connectivity index (χ1) is 10.4. The normalized spacial score (nSPS) is 29.9. The molecule has 2 heterocycles. The average molecular weight is 317 g/mol. The van der Waals surface area contributed by atoms with Crippen LogP contribution in [0.1, 0.15) is 52.0 Å². The Morgan fingerprint density at radius 1 is 1.18 bits per heavy atom. The maximum absolute atomic E-state index is 2.55. The molecule has 1 nitrogen and oxygen atoms in total. The average Bonchev–Trinajstić information content (AvgIpc) is 2.69. The van der Waals surface area contributed by atoms with Crippen molar-refractivity contribution in [3.8, 4) is 0 Å². The minimum absolute atomic E-state index is 0.257. The lowest BCUT2D eigenvalue weighted by Crippen LogP contribution is -2.44. The zero-order valence-electron chi connectivity index (χ0n) is 14.6. The number of hydrogen-bond donors (Lipinski definition) is 0. The van der Waals surface area contributed by atoms with Crippen LogP contribution in [0, 0.1) is 11.3 Å². The predicted octanol–water partition coefficient (Wildman–Crippen LogP) is 4.95. The number of hydrogen-bond acceptors (Lipinski definition) is 1. The van der Waals surface area contributed by atoms with E-state index in [1.54, 1.807) is 10.6 Å². The summed E-state index contributed by atoms with van der Waals surface area (Å²) in [6.45, 7) is 8.51. The molecule has 2 aliphatic heterocycles. The summed E-state index contributed by atoms with van der Waals surface area (Å²) in [6, 6.07) is 11.3. The standard InChI is InChI=1S/C20H30NS/c1-19(2,3)17-11-14-22-18-20(15-17,12-8-13-21(18)4)16-9-6-5-7-10-16/h5-7,9-10,17H,8,11-15H2,1-4H3/q+1/t17-,20+/m0/s1. The van der Waals surface area contributed by atoms with Crippen molar-refractivity contribution < 1.29 is 4.58 Å². The van der Waals surface area contributed by atoms with Crippen molar-refractivity contribution in [1.82, 2.24) is 0 Å². The van der Waals surface area contributed by atoms with Crippen LogP contribution in [0.15, 0.2) is 30.3 Å². The van der Waals surface area contributed by atoms with Gasteiger partial charge in [0.1, 0.15) is 13.6 Å². The van der Waals surface area contributed by atoms with Gasteiger partial charge in [-0.15, -0.1) is 0 Å². The summed E-state index contributed by atoms with van der Waals surface area (Å²) in [7, 11) is 2.30. The first-order valence-corrected chi connectivity index (χ1v) is 9.69. The van der Waals surface area contributed by atoms with Crippen LogP contribution in [0.25, 0.3) is 0 Å². The van der Waals surface area contributed by atoms with Gasteiger partial charge in [-0.1, -0.05) is 62.9 Å². The Morgan fingerprint density at radius 2 is 1.91 bits per heavy atom. The minimum Gasteiger partial charge on any atom is -0.230 e. The van der Waals surface area contributed by atoms with Crippen LogP contribution in [0.3, 0.4) is 0 Å². The van der Waals surface area contributed by atoms with Crippen molar-refractivity contribution in [3.05, 3.63) is 35.9 Å². The number of thioether (sulfide) groups is 1. The molecule has 0 aliphatic carbocycles. The smallest absolute Gasteiger partial charge is 0.221 e. The van der Waals surface area contributed by atoms with Crippen LogP contribution in [-0.4, -0.2) is 29.0 Å². The van der Waals surface area contributed by atoms with Gasteiger partial charge in [-0.2, -0.15) is 0 Å². The molecule has 1 aromatic carbocycles. The van der Waals surface area contributed by atoms with Crippen LogP contribution < -0.4 is 0 Å². The fraction of sp³-hybridized carbons (Fsp3) is 0.650. The summed E-state index contributed by atoms with van der Waals surface area (Å²) in [4.78, 5) is 0. The number of fused-ring (bicyclic) bond motifs is 1. The Morgan fingerprint density at radius 3 is 2.59 bits per heavy atom. The summed E-state index contributed by atoms with van der Waals surface area (Å²) in [6.07, 6.45) is 5.29. The van der Waals surface area contributed by atoms with Crippen molar-refractivity contribution in [3.63, 3.8) is 0 Å². The van der Waals surface area contributed by atoms with E-state index in [2.05, 4.69) is 74.5 Å². The Kier molecular flexibility index (Phi) is 4.42. The van der Waals surface area contributed by atoms with Crippen molar-refractivity contribution in [2.75, 3.05) is 19.3 Å². The first-order valence-electron chi connectivity index (χ1n) is 8.70. The highest BCUT2D eigenvalue weighted by Gasteiger charge is 2.49. The van der Waals surface area contributed by atoms with E-state index in [-0.39, 0.29) is 5.41 Å². The summed E-state index contributed by atoms with van der Waals surface area (Å²) < 4.78 is 2.55. The lowest BCUT2D eigenvalue weighted by molar-refractivity contribution is -0.503. The van der Waals surface area contributed by atoms with Crippen LogP contribution in [-0.2, 0) is 5.41 Å². The van der Waals surface area contributed by atoms with Crippen molar-refractivity contribution in [1.29, 1.82) is 0 Å². The van der Waals surface area contributed by atoms with Gasteiger partial charge in [0, 0.05) is 12.2 Å². The summed E-state index contributed by atoms with van der Waals surface area (Å²) in [5.74, 6) is 2.07. The third-order valence-corrected chi connectivity index (χ3v) is 7.12. The maximum atomic E-state index is 2.55. The molecule has 22 heavy (non-hydrogen) atoms. The second-order valence-electron chi connectivity index (χ2n) is 8.18. The molecule has 0 spiro atoms. The van der Waals surface area contributed by atoms with Gasteiger partial charge in [0.2, 0.25) is 5.04 Å². The third-order valence-electron chi connectivity index (χ3n) is 5.70. The van der Waals surface area contributed by atoms with E-state index in [0.717, 1.165) is 5.92 Å². The molecule has 1 aromatic rings. The molecule has 3 rings (SSSR count). The topological polar surface area (TPSA) is 3.01 Å². The van der Waals surface area contributed by atoms with Crippen molar-refractivity contribution in [2.24, 2.45) is 11.3 Å². The monoisotopic (exact) mass is 316 g/mol. The molecular weight excluding hydrogens is 286 g/mol. The van der Waals surface area contributed by atoms with Gasteiger partial charge in [-0.3, -0.25) is 0 Å². The van der Waals surface area contributed by atoms with Gasteiger partial charge in [0.05, 0.1) is 5.41 Å². The molecule has 0 N–H and O–H groups in total. The van der Waals surface area contributed by atoms with Gasteiger partial charge in [0.15, 0.2) is 0 Å². The van der Waals surface area contributed by atoms with Crippen LogP contribution in [0.5, 0.6) is 0 Å². The number of nitrogens with zero attached hydrogens (tertiary/aromatic N) is 1. The molecule has 0 amide bonds. The predicted molar refractivity (Wildman–Crippen MR) is 98.0 cm³/mol. The number of rotatable bonds is 1. The summed E-state index contributed by atoms with van der Waals surface area (Å²) in [5, 5.41) is 1.64. The molecule has 0 radical (unpaired) electrons. The summed E-state index contributed by atoms with van der Waals surface area (Å²) in [5.41, 5.74) is 2.20.